The summed E-state index contributed by atoms with van der Waals surface area (Å²) in [6.07, 6.45) is 0.623. The van der Waals surface area contributed by atoms with Crippen molar-refractivity contribution in [2.75, 3.05) is 11.9 Å². The molecule has 0 aliphatic heterocycles. The van der Waals surface area contributed by atoms with Crippen molar-refractivity contribution in [2.45, 2.75) is 0 Å². The van der Waals surface area contributed by atoms with Gasteiger partial charge in [-0.15, -0.1) is 0 Å². The Morgan fingerprint density at radius 1 is 1.14 bits per heavy atom. The molecule has 0 aliphatic rings. The van der Waals surface area contributed by atoms with Crippen LogP contribution in [0.1, 0.15) is 10.4 Å². The zero-order valence-electron chi connectivity index (χ0n) is 10.8. The Bertz CT molecular complexity index is 656. The third-order valence-corrected chi connectivity index (χ3v) is 3.15. The number of rotatable bonds is 5. The minimum atomic E-state index is -0.367. The van der Waals surface area contributed by atoms with Crippen LogP contribution in [0.2, 0.25) is 10.0 Å². The quantitative estimate of drug-likeness (QED) is 0.851. The smallest absolute Gasteiger partial charge is 0.262 e. The van der Waals surface area contributed by atoms with Gasteiger partial charge in [0.05, 0.1) is 10.6 Å². The van der Waals surface area contributed by atoms with Crippen molar-refractivity contribution < 1.29 is 14.3 Å². The molecule has 0 spiro atoms. The minimum absolute atomic E-state index is 0.195. The van der Waals surface area contributed by atoms with Crippen LogP contribution in [0, 0.1) is 0 Å². The molecule has 0 atom stereocenters. The largest absolute Gasteiger partial charge is 0.481 e. The molecule has 21 heavy (non-hydrogen) atoms. The van der Waals surface area contributed by atoms with Crippen LogP contribution in [0.5, 0.6) is 5.75 Å². The molecule has 0 aromatic heterocycles. The summed E-state index contributed by atoms with van der Waals surface area (Å²) in [5, 5.41) is 3.50. The number of benzene rings is 2. The Kier molecular flexibility index (Phi) is 5.20. The number of halogens is 2. The monoisotopic (exact) mass is 323 g/mol. The normalized spacial score (nSPS) is 10.0. The molecule has 0 saturated heterocycles. The molecule has 0 heterocycles. The van der Waals surface area contributed by atoms with E-state index in [1.54, 1.807) is 42.5 Å². The first-order chi connectivity index (χ1) is 10.1. The zero-order chi connectivity index (χ0) is 15.2. The molecule has 0 saturated carbocycles. The fourth-order valence-electron chi connectivity index (χ4n) is 1.64. The van der Waals surface area contributed by atoms with Gasteiger partial charge in [0.2, 0.25) is 0 Å². The topological polar surface area (TPSA) is 55.4 Å². The van der Waals surface area contributed by atoms with E-state index in [0.29, 0.717) is 22.6 Å². The molecule has 1 amide bonds. The summed E-state index contributed by atoms with van der Waals surface area (Å²) in [4.78, 5) is 22.7. The van der Waals surface area contributed by atoms with Gasteiger partial charge in [-0.2, -0.15) is 0 Å². The number of hydrogen-bond donors (Lipinski definition) is 1. The van der Waals surface area contributed by atoms with Crippen molar-refractivity contribution in [3.63, 3.8) is 0 Å². The molecule has 0 radical (unpaired) electrons. The van der Waals surface area contributed by atoms with E-state index in [-0.39, 0.29) is 23.3 Å². The molecule has 2 aromatic rings. The Hall–Kier alpha value is -2.04. The molecule has 108 valence electrons. The van der Waals surface area contributed by atoms with E-state index in [1.807, 2.05) is 0 Å². The first-order valence-corrected chi connectivity index (χ1v) is 6.77. The molecule has 2 rings (SSSR count). The van der Waals surface area contributed by atoms with E-state index < -0.39 is 0 Å². The van der Waals surface area contributed by atoms with Gasteiger partial charge in [0.25, 0.3) is 5.91 Å². The number of carbonyl (C=O) groups excluding carboxylic acids is 2. The number of carbonyl (C=O) groups is 2. The SMILES string of the molecule is O=Cc1cccc(Cl)c1OCC(=O)Nc1ccc(Cl)cc1. The molecule has 2 aromatic carbocycles. The van der Waals surface area contributed by atoms with Crippen LogP contribution >= 0.6 is 23.2 Å². The highest BCUT2D eigenvalue weighted by Gasteiger charge is 2.10. The maximum absolute atomic E-state index is 11.8. The number of ether oxygens (including phenoxy) is 1. The average molecular weight is 324 g/mol. The fourth-order valence-corrected chi connectivity index (χ4v) is 2.00. The van der Waals surface area contributed by atoms with Gasteiger partial charge in [0.1, 0.15) is 5.75 Å². The van der Waals surface area contributed by atoms with Crippen molar-refractivity contribution in [1.82, 2.24) is 0 Å². The maximum Gasteiger partial charge on any atom is 0.262 e. The van der Waals surface area contributed by atoms with Crippen molar-refractivity contribution in [1.29, 1.82) is 0 Å². The van der Waals surface area contributed by atoms with Crippen molar-refractivity contribution in [2.24, 2.45) is 0 Å². The Morgan fingerprint density at radius 3 is 2.52 bits per heavy atom. The molecule has 0 fully saturated rings. The lowest BCUT2D eigenvalue weighted by Gasteiger charge is -2.10. The van der Waals surface area contributed by atoms with Crippen LogP contribution < -0.4 is 10.1 Å². The van der Waals surface area contributed by atoms with Gasteiger partial charge >= 0.3 is 0 Å². The van der Waals surface area contributed by atoms with E-state index in [4.69, 9.17) is 27.9 Å². The van der Waals surface area contributed by atoms with Crippen LogP contribution in [0.25, 0.3) is 0 Å². The predicted octanol–water partition coefficient (Wildman–Crippen LogP) is 3.82. The highest BCUT2D eigenvalue weighted by Crippen LogP contribution is 2.27. The summed E-state index contributed by atoms with van der Waals surface area (Å²) < 4.78 is 5.32. The van der Waals surface area contributed by atoms with Crippen LogP contribution in [0.15, 0.2) is 42.5 Å². The van der Waals surface area contributed by atoms with Gasteiger partial charge in [-0.1, -0.05) is 29.3 Å². The number of aldehydes is 1. The second kappa shape index (κ2) is 7.11. The molecule has 1 N–H and O–H groups in total. The summed E-state index contributed by atoms with van der Waals surface area (Å²) in [6, 6.07) is 11.4. The Balaban J connectivity index is 1.98. The molecular formula is C15H11Cl2NO3. The number of hydrogen-bond acceptors (Lipinski definition) is 3. The first-order valence-electron chi connectivity index (χ1n) is 6.02. The molecular weight excluding hydrogens is 313 g/mol. The lowest BCUT2D eigenvalue weighted by Crippen LogP contribution is -2.20. The molecule has 6 heteroatoms. The lowest BCUT2D eigenvalue weighted by molar-refractivity contribution is -0.118. The third kappa shape index (κ3) is 4.21. The van der Waals surface area contributed by atoms with E-state index in [9.17, 15) is 9.59 Å². The van der Waals surface area contributed by atoms with Crippen LogP contribution in [-0.2, 0) is 4.79 Å². The third-order valence-electron chi connectivity index (χ3n) is 2.60. The van der Waals surface area contributed by atoms with E-state index >= 15 is 0 Å². The van der Waals surface area contributed by atoms with E-state index in [0.717, 1.165) is 0 Å². The Labute approximate surface area is 131 Å². The molecule has 0 bridgehead atoms. The van der Waals surface area contributed by atoms with Crippen molar-refractivity contribution in [3.05, 3.63) is 58.1 Å². The number of amides is 1. The fraction of sp³-hybridized carbons (Fsp3) is 0.0667. The lowest BCUT2D eigenvalue weighted by atomic mass is 10.2. The standard InChI is InChI=1S/C15H11Cl2NO3/c16-11-4-6-12(7-5-11)18-14(20)9-21-15-10(8-19)2-1-3-13(15)17/h1-8H,9H2,(H,18,20). The van der Waals surface area contributed by atoms with Gasteiger partial charge in [-0.25, -0.2) is 0 Å². The van der Waals surface area contributed by atoms with E-state index in [1.165, 1.54) is 0 Å². The van der Waals surface area contributed by atoms with Crippen molar-refractivity contribution in [3.8, 4) is 5.75 Å². The summed E-state index contributed by atoms with van der Waals surface area (Å²) in [5.41, 5.74) is 0.893. The second-order valence-electron chi connectivity index (χ2n) is 4.12. The van der Waals surface area contributed by atoms with Gasteiger partial charge in [0.15, 0.2) is 12.9 Å². The maximum atomic E-state index is 11.8. The van der Waals surface area contributed by atoms with E-state index in [2.05, 4.69) is 5.32 Å². The summed E-state index contributed by atoms with van der Waals surface area (Å²) in [7, 11) is 0. The molecule has 4 nitrogen and oxygen atoms in total. The Morgan fingerprint density at radius 2 is 1.86 bits per heavy atom. The molecule has 0 aliphatic carbocycles. The number of anilines is 1. The highest BCUT2D eigenvalue weighted by molar-refractivity contribution is 6.32. The summed E-state index contributed by atoms with van der Waals surface area (Å²) in [5.74, 6) is -0.172. The minimum Gasteiger partial charge on any atom is -0.481 e. The van der Waals surface area contributed by atoms with Gasteiger partial charge in [-0.05, 0) is 36.4 Å². The summed E-state index contributed by atoms with van der Waals surface area (Å²) >= 11 is 11.7. The van der Waals surface area contributed by atoms with Gasteiger partial charge in [0, 0.05) is 10.7 Å². The number of para-hydroxylation sites is 1. The summed E-state index contributed by atoms with van der Waals surface area (Å²) in [6.45, 7) is -0.257. The predicted molar refractivity (Wildman–Crippen MR) is 82.4 cm³/mol. The highest BCUT2D eigenvalue weighted by atomic mass is 35.5. The van der Waals surface area contributed by atoms with Gasteiger partial charge < -0.3 is 10.1 Å². The van der Waals surface area contributed by atoms with Crippen LogP contribution in [0.4, 0.5) is 5.69 Å². The van der Waals surface area contributed by atoms with Gasteiger partial charge in [-0.3, -0.25) is 9.59 Å². The zero-order valence-corrected chi connectivity index (χ0v) is 12.3. The molecule has 0 unspecified atom stereocenters. The van der Waals surface area contributed by atoms with Crippen LogP contribution in [-0.4, -0.2) is 18.8 Å². The van der Waals surface area contributed by atoms with Crippen molar-refractivity contribution >= 4 is 41.1 Å². The number of nitrogens with one attached hydrogen (secondary N) is 1. The second-order valence-corrected chi connectivity index (χ2v) is 4.96. The average Bonchev–Trinajstić information content (AvgIpc) is 2.48. The van der Waals surface area contributed by atoms with Crippen LogP contribution in [0.3, 0.4) is 0 Å². The first kappa shape index (κ1) is 15.4.